The van der Waals surface area contributed by atoms with Crippen molar-refractivity contribution in [2.45, 2.75) is 37.8 Å². The summed E-state index contributed by atoms with van der Waals surface area (Å²) in [5, 5.41) is 6.52. The van der Waals surface area contributed by atoms with E-state index in [1.54, 1.807) is 6.20 Å². The first-order valence-electron chi connectivity index (χ1n) is 10.0. The van der Waals surface area contributed by atoms with Gasteiger partial charge in [0.25, 0.3) is 5.91 Å². The molecule has 0 aliphatic heterocycles. The van der Waals surface area contributed by atoms with Gasteiger partial charge in [-0.3, -0.25) is 4.79 Å². The Morgan fingerprint density at radius 2 is 2.07 bits per heavy atom. The molecule has 0 bridgehead atoms. The molecule has 1 aliphatic carbocycles. The average Bonchev–Trinajstić information content (AvgIpc) is 3.16. The van der Waals surface area contributed by atoms with E-state index in [1.807, 2.05) is 42.1 Å². The van der Waals surface area contributed by atoms with E-state index in [0.717, 1.165) is 42.8 Å². The van der Waals surface area contributed by atoms with Gasteiger partial charge in [-0.15, -0.1) is 0 Å². The number of nitrogens with one attached hydrogen (secondary N) is 2. The summed E-state index contributed by atoms with van der Waals surface area (Å²) in [7, 11) is 1.94. The van der Waals surface area contributed by atoms with Crippen LogP contribution >= 0.6 is 0 Å². The Bertz CT molecular complexity index is 1050. The molecule has 156 valence electrons. The molecule has 6 N–H and O–H groups in total. The lowest BCUT2D eigenvalue weighted by Crippen LogP contribution is -2.43. The van der Waals surface area contributed by atoms with Crippen LogP contribution in [-0.2, 0) is 7.05 Å². The number of benzene rings is 1. The van der Waals surface area contributed by atoms with Gasteiger partial charge in [0.15, 0.2) is 0 Å². The fraction of sp³-hybridized carbons (Fsp3) is 0.333. The maximum atomic E-state index is 11.9. The number of rotatable bonds is 6. The van der Waals surface area contributed by atoms with Crippen molar-refractivity contribution < 1.29 is 4.79 Å². The Labute approximate surface area is 174 Å². The molecule has 0 saturated heterocycles. The molecule has 0 spiro atoms. The normalized spacial score (nSPS) is 18.7. The van der Waals surface area contributed by atoms with E-state index in [9.17, 15) is 4.79 Å². The molecule has 9 nitrogen and oxygen atoms in total. The van der Waals surface area contributed by atoms with E-state index >= 15 is 0 Å². The highest BCUT2D eigenvalue weighted by Crippen LogP contribution is 2.25. The molecule has 1 aromatic carbocycles. The highest BCUT2D eigenvalue weighted by Gasteiger charge is 2.23. The van der Waals surface area contributed by atoms with Crippen molar-refractivity contribution in [2.75, 3.05) is 10.6 Å². The van der Waals surface area contributed by atoms with Crippen LogP contribution in [0.25, 0.3) is 11.4 Å². The summed E-state index contributed by atoms with van der Waals surface area (Å²) in [5.74, 6) is 1.01. The minimum Gasteiger partial charge on any atom is -0.365 e. The van der Waals surface area contributed by atoms with Gasteiger partial charge in [-0.2, -0.15) is 4.98 Å². The number of hydrogen-bond acceptors (Lipinski definition) is 7. The van der Waals surface area contributed by atoms with Gasteiger partial charge in [-0.05, 0) is 25.0 Å². The lowest BCUT2D eigenvalue weighted by atomic mass is 9.91. The largest absolute Gasteiger partial charge is 0.365 e. The molecule has 1 amide bonds. The van der Waals surface area contributed by atoms with Crippen LogP contribution in [-0.4, -0.2) is 37.5 Å². The lowest BCUT2D eigenvalue weighted by molar-refractivity contribution is 0.100. The van der Waals surface area contributed by atoms with Gasteiger partial charge in [0, 0.05) is 49.0 Å². The van der Waals surface area contributed by atoms with Crippen molar-refractivity contribution in [3.05, 3.63) is 48.4 Å². The number of imidazole rings is 1. The third-order valence-corrected chi connectivity index (χ3v) is 5.39. The second-order valence-electron chi connectivity index (χ2n) is 7.59. The molecule has 30 heavy (non-hydrogen) atoms. The van der Waals surface area contributed by atoms with Crippen LogP contribution in [0.15, 0.2) is 42.9 Å². The molecule has 4 rings (SSSR count). The number of nitrogens with two attached hydrogens (primary N) is 2. The maximum absolute atomic E-state index is 11.9. The molecular formula is C21H26N8O. The van der Waals surface area contributed by atoms with Gasteiger partial charge in [-0.1, -0.05) is 25.0 Å². The minimum atomic E-state index is -0.598. The quantitative estimate of drug-likeness (QED) is 0.493. The number of anilines is 3. The smallest absolute Gasteiger partial charge is 0.254 e. The number of carbonyl (C=O) groups is 1. The molecule has 0 unspecified atom stereocenters. The third kappa shape index (κ3) is 4.25. The van der Waals surface area contributed by atoms with Crippen LogP contribution in [0.5, 0.6) is 0 Å². The van der Waals surface area contributed by atoms with Gasteiger partial charge in [0.05, 0.1) is 0 Å². The standard InChI is InChI=1S/C21H26N8O/c1-29-10-9-24-20(29)13-5-4-6-14(11-13)26-19-15(18(23)30)12-25-21(28-19)27-17-8-3-2-7-16(17)22/h4-6,9-12,16-17H,2-3,7-8,22H2,1H3,(H2,23,30)(H2,25,26,27,28)/t16-,17+/m0/s1. The predicted molar refractivity (Wildman–Crippen MR) is 116 cm³/mol. The average molecular weight is 406 g/mol. The summed E-state index contributed by atoms with van der Waals surface area (Å²) in [4.78, 5) is 25.1. The molecule has 9 heteroatoms. The SMILES string of the molecule is Cn1ccnc1-c1cccc(Nc2nc(N[C@@H]3CCCC[C@@H]3N)ncc2C(N)=O)c1. The molecular weight excluding hydrogens is 380 g/mol. The third-order valence-electron chi connectivity index (χ3n) is 5.39. The van der Waals surface area contributed by atoms with E-state index in [1.165, 1.54) is 6.20 Å². The van der Waals surface area contributed by atoms with Crippen LogP contribution in [0.3, 0.4) is 0 Å². The summed E-state index contributed by atoms with van der Waals surface area (Å²) in [6, 6.07) is 7.89. The monoisotopic (exact) mass is 406 g/mol. The zero-order valence-electron chi connectivity index (χ0n) is 16.9. The van der Waals surface area contributed by atoms with Gasteiger partial charge < -0.3 is 26.7 Å². The summed E-state index contributed by atoms with van der Waals surface area (Å²) < 4.78 is 1.94. The first-order chi connectivity index (χ1) is 14.5. The van der Waals surface area contributed by atoms with Crippen LogP contribution < -0.4 is 22.1 Å². The predicted octanol–water partition coefficient (Wildman–Crippen LogP) is 2.40. The number of primary amides is 1. The zero-order valence-corrected chi connectivity index (χ0v) is 16.9. The fourth-order valence-corrected chi connectivity index (χ4v) is 3.75. The van der Waals surface area contributed by atoms with E-state index in [0.29, 0.717) is 11.8 Å². The van der Waals surface area contributed by atoms with Gasteiger partial charge in [0.2, 0.25) is 5.95 Å². The van der Waals surface area contributed by atoms with Crippen molar-refractivity contribution in [3.8, 4) is 11.4 Å². The van der Waals surface area contributed by atoms with E-state index in [2.05, 4.69) is 25.6 Å². The van der Waals surface area contributed by atoms with Crippen LogP contribution in [0.4, 0.5) is 17.5 Å². The molecule has 2 atom stereocenters. The molecule has 0 radical (unpaired) electrons. The first-order valence-corrected chi connectivity index (χ1v) is 10.0. The van der Waals surface area contributed by atoms with Crippen molar-refractivity contribution in [3.63, 3.8) is 0 Å². The lowest BCUT2D eigenvalue weighted by Gasteiger charge is -2.29. The molecule has 1 aliphatic rings. The second kappa shape index (κ2) is 8.50. The zero-order chi connectivity index (χ0) is 21.1. The summed E-state index contributed by atoms with van der Waals surface area (Å²) in [5.41, 5.74) is 13.7. The van der Waals surface area contributed by atoms with Crippen molar-refractivity contribution >= 4 is 23.4 Å². The molecule has 2 aromatic heterocycles. The van der Waals surface area contributed by atoms with Crippen LogP contribution in [0.1, 0.15) is 36.0 Å². The Hall–Kier alpha value is -3.46. The Balaban J connectivity index is 1.61. The number of aromatic nitrogens is 4. The number of nitrogens with zero attached hydrogens (tertiary/aromatic N) is 4. The highest BCUT2D eigenvalue weighted by atomic mass is 16.1. The van der Waals surface area contributed by atoms with E-state index in [4.69, 9.17) is 11.5 Å². The number of hydrogen-bond donors (Lipinski definition) is 4. The van der Waals surface area contributed by atoms with E-state index < -0.39 is 5.91 Å². The number of carbonyl (C=O) groups excluding carboxylic acids is 1. The number of aryl methyl sites for hydroxylation is 1. The van der Waals surface area contributed by atoms with Crippen LogP contribution in [0, 0.1) is 0 Å². The Morgan fingerprint density at radius 3 is 2.80 bits per heavy atom. The minimum absolute atomic E-state index is 0.0593. The van der Waals surface area contributed by atoms with Crippen molar-refractivity contribution in [1.29, 1.82) is 0 Å². The summed E-state index contributed by atoms with van der Waals surface area (Å²) >= 11 is 0. The first kappa shape index (κ1) is 19.8. The summed E-state index contributed by atoms with van der Waals surface area (Å²) in [6.07, 6.45) is 9.28. The van der Waals surface area contributed by atoms with Crippen molar-refractivity contribution in [1.82, 2.24) is 19.5 Å². The van der Waals surface area contributed by atoms with Crippen LogP contribution in [0.2, 0.25) is 0 Å². The summed E-state index contributed by atoms with van der Waals surface area (Å²) in [6.45, 7) is 0. The van der Waals surface area contributed by atoms with Gasteiger partial charge >= 0.3 is 0 Å². The van der Waals surface area contributed by atoms with Crippen molar-refractivity contribution in [2.24, 2.45) is 18.5 Å². The molecule has 1 saturated carbocycles. The molecule has 2 heterocycles. The van der Waals surface area contributed by atoms with E-state index in [-0.39, 0.29) is 17.6 Å². The second-order valence-corrected chi connectivity index (χ2v) is 7.59. The van der Waals surface area contributed by atoms with Gasteiger partial charge in [-0.25, -0.2) is 9.97 Å². The number of amides is 1. The maximum Gasteiger partial charge on any atom is 0.254 e. The van der Waals surface area contributed by atoms with Gasteiger partial charge in [0.1, 0.15) is 17.2 Å². The topological polar surface area (TPSA) is 137 Å². The Kier molecular flexibility index (Phi) is 5.62. The molecule has 1 fully saturated rings. The molecule has 3 aromatic rings. The highest BCUT2D eigenvalue weighted by molar-refractivity contribution is 5.98. The Morgan fingerprint density at radius 1 is 1.23 bits per heavy atom. The fourth-order valence-electron chi connectivity index (χ4n) is 3.75.